The zero-order valence-electron chi connectivity index (χ0n) is 12.6. The van der Waals surface area contributed by atoms with Gasteiger partial charge in [-0.2, -0.15) is 0 Å². The first-order valence-corrected chi connectivity index (χ1v) is 7.33. The van der Waals surface area contributed by atoms with Gasteiger partial charge in [0, 0.05) is 19.0 Å². The van der Waals surface area contributed by atoms with Gasteiger partial charge in [-0.25, -0.2) is 4.79 Å². The molecule has 1 aliphatic rings. The smallest absolute Gasteiger partial charge is 0.315 e. The Labute approximate surface area is 124 Å². The van der Waals surface area contributed by atoms with Gasteiger partial charge in [0.1, 0.15) is 0 Å². The average Bonchev–Trinajstić information content (AvgIpc) is 2.78. The lowest BCUT2D eigenvalue weighted by Crippen LogP contribution is -2.50. The molecule has 0 aromatic heterocycles. The summed E-state index contributed by atoms with van der Waals surface area (Å²) in [6.45, 7) is 4.10. The van der Waals surface area contributed by atoms with E-state index in [1.54, 1.807) is 13.8 Å². The van der Waals surface area contributed by atoms with Crippen molar-refractivity contribution >= 4 is 18.0 Å². The van der Waals surface area contributed by atoms with Crippen LogP contribution in [0.4, 0.5) is 4.79 Å². The van der Waals surface area contributed by atoms with Crippen LogP contribution in [0.3, 0.4) is 0 Å². The van der Waals surface area contributed by atoms with Gasteiger partial charge in [-0.3, -0.25) is 9.59 Å². The monoisotopic (exact) mass is 300 g/mol. The maximum atomic E-state index is 11.7. The van der Waals surface area contributed by atoms with Crippen LogP contribution in [0.15, 0.2) is 0 Å². The fourth-order valence-corrected chi connectivity index (χ4v) is 2.53. The van der Waals surface area contributed by atoms with Gasteiger partial charge in [0.2, 0.25) is 0 Å². The highest BCUT2D eigenvalue weighted by molar-refractivity contribution is 5.79. The second-order valence-electron chi connectivity index (χ2n) is 5.48. The summed E-state index contributed by atoms with van der Waals surface area (Å²) >= 11 is 0. The number of aliphatic carboxylic acids is 1. The molecule has 7 heteroatoms. The largest absolute Gasteiger partial charge is 0.481 e. The Kier molecular flexibility index (Phi) is 6.45. The summed E-state index contributed by atoms with van der Waals surface area (Å²) < 4.78 is 4.78. The molecular weight excluding hydrogens is 276 g/mol. The van der Waals surface area contributed by atoms with Crippen molar-refractivity contribution in [2.45, 2.75) is 52.0 Å². The van der Waals surface area contributed by atoms with Crippen molar-refractivity contribution in [3.05, 3.63) is 0 Å². The molecule has 21 heavy (non-hydrogen) atoms. The number of carboxylic acid groups (broad SMARTS) is 1. The predicted octanol–water partition coefficient (Wildman–Crippen LogP) is 1.27. The molecule has 2 unspecified atom stereocenters. The van der Waals surface area contributed by atoms with Gasteiger partial charge in [0.25, 0.3) is 0 Å². The molecule has 1 rings (SSSR count). The zero-order valence-corrected chi connectivity index (χ0v) is 12.6. The molecule has 7 nitrogen and oxygen atoms in total. The van der Waals surface area contributed by atoms with Crippen molar-refractivity contribution < 1.29 is 24.2 Å². The van der Waals surface area contributed by atoms with Crippen molar-refractivity contribution in [2.24, 2.45) is 5.41 Å². The number of esters is 1. The third-order valence-corrected chi connectivity index (χ3v) is 3.90. The molecule has 0 radical (unpaired) electrons. The van der Waals surface area contributed by atoms with Gasteiger partial charge in [-0.15, -0.1) is 0 Å². The van der Waals surface area contributed by atoms with Crippen LogP contribution in [0.5, 0.6) is 0 Å². The number of carboxylic acids is 1. The minimum atomic E-state index is -0.901. The Morgan fingerprint density at radius 2 is 2.10 bits per heavy atom. The van der Waals surface area contributed by atoms with E-state index in [2.05, 4.69) is 10.6 Å². The van der Waals surface area contributed by atoms with E-state index in [4.69, 9.17) is 4.74 Å². The number of rotatable bonds is 7. The van der Waals surface area contributed by atoms with E-state index >= 15 is 0 Å². The number of urea groups is 1. The summed E-state index contributed by atoms with van der Waals surface area (Å²) in [6.07, 6.45) is 2.77. The molecule has 1 saturated carbocycles. The molecule has 1 fully saturated rings. The van der Waals surface area contributed by atoms with Crippen LogP contribution < -0.4 is 10.6 Å². The van der Waals surface area contributed by atoms with Crippen molar-refractivity contribution in [3.8, 4) is 0 Å². The molecule has 0 aliphatic heterocycles. The number of amides is 2. The molecule has 120 valence electrons. The fraction of sp³-hybridized carbons (Fsp3) is 0.786. The van der Waals surface area contributed by atoms with Gasteiger partial charge in [-0.1, -0.05) is 6.42 Å². The molecule has 2 amide bonds. The van der Waals surface area contributed by atoms with Crippen LogP contribution in [0.2, 0.25) is 0 Å². The lowest BCUT2D eigenvalue weighted by Gasteiger charge is -2.27. The van der Waals surface area contributed by atoms with Crippen molar-refractivity contribution in [2.75, 3.05) is 13.2 Å². The summed E-state index contributed by atoms with van der Waals surface area (Å²) in [7, 11) is 0. The van der Waals surface area contributed by atoms with E-state index in [1.165, 1.54) is 0 Å². The maximum absolute atomic E-state index is 11.7. The molecule has 2 atom stereocenters. The minimum absolute atomic E-state index is 0.254. The van der Waals surface area contributed by atoms with E-state index in [0.29, 0.717) is 32.4 Å². The lowest BCUT2D eigenvalue weighted by molar-refractivity contribution is -0.148. The van der Waals surface area contributed by atoms with Crippen LogP contribution >= 0.6 is 0 Å². The number of nitrogens with one attached hydrogen (secondary N) is 2. The van der Waals surface area contributed by atoms with Gasteiger partial charge >= 0.3 is 18.0 Å². The zero-order chi connectivity index (χ0) is 15.9. The van der Waals surface area contributed by atoms with Gasteiger partial charge < -0.3 is 20.5 Å². The Morgan fingerprint density at radius 1 is 1.38 bits per heavy atom. The maximum Gasteiger partial charge on any atom is 0.315 e. The van der Waals surface area contributed by atoms with Crippen LogP contribution in [0.25, 0.3) is 0 Å². The highest BCUT2D eigenvalue weighted by Crippen LogP contribution is 2.38. The highest BCUT2D eigenvalue weighted by Gasteiger charge is 2.45. The van der Waals surface area contributed by atoms with E-state index in [9.17, 15) is 19.5 Å². The SMILES string of the molecule is CCOC(=O)CCCNC(=O)NC1CCCC1(C)C(=O)O. The third-order valence-electron chi connectivity index (χ3n) is 3.90. The van der Waals surface area contributed by atoms with E-state index < -0.39 is 17.4 Å². The first-order valence-electron chi connectivity index (χ1n) is 7.33. The highest BCUT2D eigenvalue weighted by atomic mass is 16.5. The molecule has 3 N–H and O–H groups in total. The number of hydrogen-bond donors (Lipinski definition) is 3. The Morgan fingerprint density at radius 3 is 2.71 bits per heavy atom. The topological polar surface area (TPSA) is 105 Å². The summed E-state index contributed by atoms with van der Waals surface area (Å²) in [4.78, 5) is 34.1. The summed E-state index contributed by atoms with van der Waals surface area (Å²) in [5, 5.41) is 14.6. The summed E-state index contributed by atoms with van der Waals surface area (Å²) in [6, 6.07) is -0.752. The normalized spacial score (nSPS) is 24.4. The Hall–Kier alpha value is -1.79. The molecule has 0 heterocycles. The quantitative estimate of drug-likeness (QED) is 0.485. The molecule has 1 aliphatic carbocycles. The van der Waals surface area contributed by atoms with Gasteiger partial charge in [-0.05, 0) is 33.1 Å². The van der Waals surface area contributed by atoms with Gasteiger partial charge in [0.15, 0.2) is 0 Å². The fourth-order valence-electron chi connectivity index (χ4n) is 2.53. The van der Waals surface area contributed by atoms with Crippen LogP contribution in [-0.4, -0.2) is 42.3 Å². The van der Waals surface area contributed by atoms with E-state index in [0.717, 1.165) is 6.42 Å². The first-order chi connectivity index (χ1) is 9.90. The van der Waals surface area contributed by atoms with Gasteiger partial charge in [0.05, 0.1) is 12.0 Å². The minimum Gasteiger partial charge on any atom is -0.481 e. The average molecular weight is 300 g/mol. The van der Waals surface area contributed by atoms with Crippen molar-refractivity contribution in [3.63, 3.8) is 0 Å². The molecule has 0 spiro atoms. The van der Waals surface area contributed by atoms with Crippen molar-refractivity contribution in [1.82, 2.24) is 10.6 Å². The predicted molar refractivity (Wildman–Crippen MR) is 75.8 cm³/mol. The lowest BCUT2D eigenvalue weighted by atomic mass is 9.85. The number of ether oxygens (including phenoxy) is 1. The molecule has 0 bridgehead atoms. The third kappa shape index (κ3) is 4.91. The number of carbonyl (C=O) groups excluding carboxylic acids is 2. The standard InChI is InChI=1S/C14H24N2O5/c1-3-21-11(17)7-5-9-15-13(20)16-10-6-4-8-14(10,2)12(18)19/h10H,3-9H2,1-2H3,(H,18,19)(H2,15,16,20). The molecule has 0 aromatic rings. The number of hydrogen-bond acceptors (Lipinski definition) is 4. The Bertz CT molecular complexity index is 399. The summed E-state index contributed by atoms with van der Waals surface area (Å²) in [5.41, 5.74) is -0.901. The van der Waals surface area contributed by atoms with Crippen molar-refractivity contribution in [1.29, 1.82) is 0 Å². The second kappa shape index (κ2) is 7.85. The van der Waals surface area contributed by atoms with Crippen LogP contribution in [0, 0.1) is 5.41 Å². The van der Waals surface area contributed by atoms with Crippen LogP contribution in [0.1, 0.15) is 46.0 Å². The second-order valence-corrected chi connectivity index (χ2v) is 5.48. The molecular formula is C14H24N2O5. The summed E-state index contributed by atoms with van der Waals surface area (Å²) in [5.74, 6) is -1.17. The first kappa shape index (κ1) is 17.3. The molecule has 0 saturated heterocycles. The molecule has 0 aromatic carbocycles. The number of carbonyl (C=O) groups is 3. The van der Waals surface area contributed by atoms with E-state index in [-0.39, 0.29) is 18.4 Å². The van der Waals surface area contributed by atoms with Crippen LogP contribution in [-0.2, 0) is 14.3 Å². The Balaban J connectivity index is 2.28. The van der Waals surface area contributed by atoms with E-state index in [1.807, 2.05) is 0 Å².